The molecule has 0 aromatic heterocycles. The quantitative estimate of drug-likeness (QED) is 0.805. The Morgan fingerprint density at radius 1 is 1.52 bits per heavy atom. The first-order valence-electron chi connectivity index (χ1n) is 7.53. The predicted octanol–water partition coefficient (Wildman–Crippen LogP) is 3.70. The van der Waals surface area contributed by atoms with Crippen LogP contribution in [0.15, 0.2) is 16.6 Å². The molecule has 0 saturated carbocycles. The van der Waals surface area contributed by atoms with Gasteiger partial charge < -0.3 is 20.1 Å². The highest BCUT2D eigenvalue weighted by Gasteiger charge is 2.28. The molecule has 0 unspecified atom stereocenters. The van der Waals surface area contributed by atoms with Crippen LogP contribution >= 0.6 is 27.5 Å². The second-order valence-electron chi connectivity index (χ2n) is 6.62. The maximum atomic E-state index is 11.9. The van der Waals surface area contributed by atoms with Crippen LogP contribution in [0.5, 0.6) is 0 Å². The first kappa shape index (κ1) is 18.4. The fourth-order valence-corrected chi connectivity index (χ4v) is 3.52. The summed E-state index contributed by atoms with van der Waals surface area (Å²) in [6.07, 6.45) is 0.410. The van der Waals surface area contributed by atoms with Crippen LogP contribution in [0.1, 0.15) is 32.8 Å². The smallest absolute Gasteiger partial charge is 0.407 e. The van der Waals surface area contributed by atoms with Crippen molar-refractivity contribution in [2.24, 2.45) is 0 Å². The molecule has 1 aliphatic rings. The maximum absolute atomic E-state index is 11.9. The van der Waals surface area contributed by atoms with Crippen molar-refractivity contribution < 1.29 is 14.6 Å². The van der Waals surface area contributed by atoms with Crippen molar-refractivity contribution >= 4 is 39.3 Å². The number of hydrogen-bond donors (Lipinski definition) is 2. The number of ether oxygens (including phenoxy) is 1. The monoisotopic (exact) mass is 404 g/mol. The molecule has 1 aromatic carbocycles. The predicted molar refractivity (Wildman–Crippen MR) is 95.1 cm³/mol. The Balaban J connectivity index is 2.05. The number of carbonyl (C=O) groups excluding carboxylic acids is 1. The normalized spacial score (nSPS) is 18.2. The molecule has 0 radical (unpaired) electrons. The molecular formula is C16H22BrClN2O3. The Kier molecular flexibility index (Phi) is 5.81. The average Bonchev–Trinajstić information content (AvgIpc) is 2.83. The lowest BCUT2D eigenvalue weighted by molar-refractivity contribution is 0.0509. The lowest BCUT2D eigenvalue weighted by Crippen LogP contribution is -2.40. The van der Waals surface area contributed by atoms with Gasteiger partial charge in [0.05, 0.1) is 12.6 Å². The zero-order valence-electron chi connectivity index (χ0n) is 13.5. The van der Waals surface area contributed by atoms with E-state index in [2.05, 4.69) is 26.1 Å². The number of rotatable bonds is 3. The molecule has 0 aliphatic carbocycles. The molecule has 2 rings (SSSR count). The molecule has 1 heterocycles. The van der Waals surface area contributed by atoms with E-state index in [9.17, 15) is 9.90 Å². The summed E-state index contributed by atoms with van der Waals surface area (Å²) in [5.74, 6) is 0. The van der Waals surface area contributed by atoms with Crippen LogP contribution in [0.2, 0.25) is 5.02 Å². The summed E-state index contributed by atoms with van der Waals surface area (Å²) >= 11 is 9.56. The van der Waals surface area contributed by atoms with E-state index in [1.54, 1.807) is 6.07 Å². The van der Waals surface area contributed by atoms with Crippen molar-refractivity contribution in [3.05, 3.63) is 27.2 Å². The van der Waals surface area contributed by atoms with Gasteiger partial charge in [-0.25, -0.2) is 4.79 Å². The van der Waals surface area contributed by atoms with E-state index < -0.39 is 11.7 Å². The molecule has 1 saturated heterocycles. The highest BCUT2D eigenvalue weighted by molar-refractivity contribution is 9.10. The van der Waals surface area contributed by atoms with Gasteiger partial charge in [-0.3, -0.25) is 0 Å². The molecule has 0 bridgehead atoms. The van der Waals surface area contributed by atoms with E-state index in [0.717, 1.165) is 28.7 Å². The second kappa shape index (κ2) is 7.28. The molecule has 5 nitrogen and oxygen atoms in total. The standard InChI is InChI=1S/C16H22BrClN2O3/c1-16(2,3)23-15(22)19-11-4-5-20(8-11)14-7-10(18)6-13(17)12(14)9-21/h6-7,11,21H,4-5,8-9H2,1-3H3,(H,19,22)/t11-/m1/s1. The summed E-state index contributed by atoms with van der Waals surface area (Å²) in [6.45, 7) is 6.87. The summed E-state index contributed by atoms with van der Waals surface area (Å²) in [5, 5.41) is 13.1. The van der Waals surface area contributed by atoms with Crippen LogP contribution in [0.3, 0.4) is 0 Å². The molecule has 1 fully saturated rings. The van der Waals surface area contributed by atoms with Crippen LogP contribution < -0.4 is 10.2 Å². The number of alkyl carbamates (subject to hydrolysis) is 1. The number of aliphatic hydroxyl groups is 1. The topological polar surface area (TPSA) is 61.8 Å². The molecule has 7 heteroatoms. The fraction of sp³-hybridized carbons (Fsp3) is 0.562. The third-order valence-electron chi connectivity index (χ3n) is 3.54. The number of benzene rings is 1. The van der Waals surface area contributed by atoms with Gasteiger partial charge in [-0.2, -0.15) is 0 Å². The first-order chi connectivity index (χ1) is 10.7. The Labute approximate surface area is 150 Å². The minimum absolute atomic E-state index is 0.00847. The zero-order chi connectivity index (χ0) is 17.2. The van der Waals surface area contributed by atoms with Gasteiger partial charge in [-0.15, -0.1) is 0 Å². The van der Waals surface area contributed by atoms with E-state index in [4.69, 9.17) is 16.3 Å². The van der Waals surface area contributed by atoms with Gasteiger partial charge in [0.15, 0.2) is 0 Å². The minimum atomic E-state index is -0.510. The van der Waals surface area contributed by atoms with Crippen molar-refractivity contribution in [1.29, 1.82) is 0 Å². The number of carbonyl (C=O) groups is 1. The summed E-state index contributed by atoms with van der Waals surface area (Å²) in [5.41, 5.74) is 1.18. The van der Waals surface area contributed by atoms with Crippen LogP contribution in [0.4, 0.5) is 10.5 Å². The highest BCUT2D eigenvalue weighted by Crippen LogP contribution is 2.33. The molecule has 128 valence electrons. The largest absolute Gasteiger partial charge is 0.444 e. The minimum Gasteiger partial charge on any atom is -0.444 e. The van der Waals surface area contributed by atoms with Crippen molar-refractivity contribution in [2.75, 3.05) is 18.0 Å². The lowest BCUT2D eigenvalue weighted by Gasteiger charge is -2.24. The van der Waals surface area contributed by atoms with Gasteiger partial charge in [0.25, 0.3) is 0 Å². The number of anilines is 1. The lowest BCUT2D eigenvalue weighted by atomic mass is 10.1. The van der Waals surface area contributed by atoms with Crippen LogP contribution in [0, 0.1) is 0 Å². The number of amides is 1. The Morgan fingerprint density at radius 3 is 2.83 bits per heavy atom. The Hall–Kier alpha value is -0.980. The number of nitrogens with one attached hydrogen (secondary N) is 1. The second-order valence-corrected chi connectivity index (χ2v) is 7.91. The van der Waals surface area contributed by atoms with Gasteiger partial charge >= 0.3 is 6.09 Å². The molecule has 0 spiro atoms. The summed E-state index contributed by atoms with van der Waals surface area (Å²) < 4.78 is 6.07. The van der Waals surface area contributed by atoms with Crippen molar-refractivity contribution in [2.45, 2.75) is 45.4 Å². The third-order valence-corrected chi connectivity index (χ3v) is 4.47. The van der Waals surface area contributed by atoms with Gasteiger partial charge in [-0.1, -0.05) is 27.5 Å². The number of hydrogen-bond acceptors (Lipinski definition) is 4. The van der Waals surface area contributed by atoms with E-state index in [1.807, 2.05) is 26.8 Å². The molecule has 2 N–H and O–H groups in total. The molecule has 1 amide bonds. The van der Waals surface area contributed by atoms with Gasteiger partial charge in [0.1, 0.15) is 5.60 Å². The SMILES string of the molecule is CC(C)(C)OC(=O)N[C@@H]1CCN(c2cc(Cl)cc(Br)c2CO)C1. The summed E-state index contributed by atoms with van der Waals surface area (Å²) in [6, 6.07) is 3.62. The van der Waals surface area contributed by atoms with Crippen molar-refractivity contribution in [3.8, 4) is 0 Å². The highest BCUT2D eigenvalue weighted by atomic mass is 79.9. The zero-order valence-corrected chi connectivity index (χ0v) is 15.9. The number of halogens is 2. The van der Waals surface area contributed by atoms with E-state index in [0.29, 0.717) is 11.6 Å². The van der Waals surface area contributed by atoms with Crippen LogP contribution in [0.25, 0.3) is 0 Å². The molecular weight excluding hydrogens is 384 g/mol. The Bertz CT molecular complexity index is 589. The fourth-order valence-electron chi connectivity index (χ4n) is 2.60. The summed E-state index contributed by atoms with van der Waals surface area (Å²) in [4.78, 5) is 14.0. The molecule has 1 aromatic rings. The summed E-state index contributed by atoms with van der Waals surface area (Å²) in [7, 11) is 0. The van der Waals surface area contributed by atoms with E-state index in [-0.39, 0.29) is 12.6 Å². The number of nitrogens with zero attached hydrogens (tertiary/aromatic N) is 1. The van der Waals surface area contributed by atoms with E-state index >= 15 is 0 Å². The maximum Gasteiger partial charge on any atom is 0.407 e. The van der Waals surface area contributed by atoms with Crippen LogP contribution in [-0.2, 0) is 11.3 Å². The van der Waals surface area contributed by atoms with Gasteiger partial charge in [0.2, 0.25) is 0 Å². The van der Waals surface area contributed by atoms with Gasteiger partial charge in [0, 0.05) is 33.8 Å². The van der Waals surface area contributed by atoms with Gasteiger partial charge in [-0.05, 0) is 39.3 Å². The van der Waals surface area contributed by atoms with Crippen molar-refractivity contribution in [3.63, 3.8) is 0 Å². The number of aliphatic hydroxyl groups excluding tert-OH is 1. The Morgan fingerprint density at radius 2 is 2.22 bits per heavy atom. The van der Waals surface area contributed by atoms with E-state index in [1.165, 1.54) is 0 Å². The van der Waals surface area contributed by atoms with Crippen LogP contribution in [-0.4, -0.2) is 35.9 Å². The van der Waals surface area contributed by atoms with Crippen molar-refractivity contribution in [1.82, 2.24) is 5.32 Å². The third kappa shape index (κ3) is 4.99. The first-order valence-corrected chi connectivity index (χ1v) is 8.70. The average molecular weight is 406 g/mol. The molecule has 23 heavy (non-hydrogen) atoms. The molecule has 1 aliphatic heterocycles. The molecule has 1 atom stereocenters.